The number of nitrogens with one attached hydrogen (secondary N) is 1. The Bertz CT molecular complexity index is 824. The Morgan fingerprint density at radius 2 is 2.05 bits per heavy atom. The first-order valence-electron chi connectivity index (χ1n) is 6.71. The first-order chi connectivity index (χ1) is 10.4. The summed E-state index contributed by atoms with van der Waals surface area (Å²) in [6, 6.07) is 7.12. The van der Waals surface area contributed by atoms with Crippen LogP contribution in [0.15, 0.2) is 29.6 Å². The van der Waals surface area contributed by atoms with Gasteiger partial charge in [-0.15, -0.1) is 11.3 Å². The van der Waals surface area contributed by atoms with Crippen LogP contribution in [0.5, 0.6) is 0 Å². The van der Waals surface area contributed by atoms with Gasteiger partial charge in [-0.05, 0) is 40.6 Å². The zero-order valence-corrected chi connectivity index (χ0v) is 13.6. The van der Waals surface area contributed by atoms with Crippen LogP contribution < -0.4 is 4.72 Å². The van der Waals surface area contributed by atoms with Crippen molar-refractivity contribution in [1.29, 1.82) is 0 Å². The lowest BCUT2D eigenvalue weighted by atomic mass is 10.1. The van der Waals surface area contributed by atoms with Crippen molar-refractivity contribution in [3.8, 4) is 0 Å². The third kappa shape index (κ3) is 3.37. The number of amides is 1. The molecular formula is C15H15NO4S2. The van der Waals surface area contributed by atoms with Crippen molar-refractivity contribution in [2.75, 3.05) is 0 Å². The molecule has 2 aromatic rings. The number of hydrogen-bond donors (Lipinski definition) is 1. The Morgan fingerprint density at radius 1 is 1.27 bits per heavy atom. The smallest absolute Gasteiger partial charge is 0.274 e. The Morgan fingerprint density at radius 3 is 2.77 bits per heavy atom. The van der Waals surface area contributed by atoms with Crippen molar-refractivity contribution < 1.29 is 17.9 Å². The summed E-state index contributed by atoms with van der Waals surface area (Å²) in [5.41, 5.74) is 3.67. The highest BCUT2D eigenvalue weighted by Crippen LogP contribution is 2.22. The molecule has 0 unspecified atom stereocenters. The second-order valence-electron chi connectivity index (χ2n) is 5.27. The van der Waals surface area contributed by atoms with Crippen molar-refractivity contribution >= 4 is 27.3 Å². The van der Waals surface area contributed by atoms with Gasteiger partial charge in [-0.3, -0.25) is 4.79 Å². The Hall–Kier alpha value is -1.70. The summed E-state index contributed by atoms with van der Waals surface area (Å²) >= 11 is 1.23. The van der Waals surface area contributed by atoms with Gasteiger partial charge < -0.3 is 4.74 Å². The van der Waals surface area contributed by atoms with Gasteiger partial charge in [0.2, 0.25) is 10.0 Å². The fourth-order valence-corrected chi connectivity index (χ4v) is 4.25. The van der Waals surface area contributed by atoms with Crippen molar-refractivity contribution in [3.63, 3.8) is 0 Å². The number of aryl methyl sites for hydroxylation is 1. The van der Waals surface area contributed by atoms with Gasteiger partial charge >= 0.3 is 0 Å². The van der Waals surface area contributed by atoms with Crippen molar-refractivity contribution in [2.45, 2.75) is 25.9 Å². The van der Waals surface area contributed by atoms with Crippen LogP contribution in [0.25, 0.3) is 0 Å². The Kier molecular flexibility index (Phi) is 4.03. The van der Waals surface area contributed by atoms with Crippen LogP contribution in [0.4, 0.5) is 0 Å². The summed E-state index contributed by atoms with van der Waals surface area (Å²) in [7, 11) is -3.72. The van der Waals surface area contributed by atoms with Crippen molar-refractivity contribution in [1.82, 2.24) is 4.72 Å². The van der Waals surface area contributed by atoms with Crippen molar-refractivity contribution in [2.24, 2.45) is 0 Å². The third-order valence-corrected chi connectivity index (χ3v) is 5.60. The molecule has 0 spiro atoms. The standard InChI is InChI=1S/C15H15NO4S2/c1-10-4-14(21-8-10)15(17)16-22(18,19)9-11-2-3-12-6-20-7-13(12)5-11/h2-5,8H,6-7,9H2,1H3,(H,16,17). The maximum atomic E-state index is 12.1. The van der Waals surface area contributed by atoms with Crippen LogP contribution in [-0.4, -0.2) is 14.3 Å². The van der Waals surface area contributed by atoms with Crippen LogP contribution >= 0.6 is 11.3 Å². The summed E-state index contributed by atoms with van der Waals surface area (Å²) in [6.45, 7) is 2.93. The van der Waals surface area contributed by atoms with Gasteiger partial charge in [0.25, 0.3) is 5.91 Å². The third-order valence-electron chi connectivity index (χ3n) is 3.35. The fourth-order valence-electron chi connectivity index (χ4n) is 2.31. The van der Waals surface area contributed by atoms with E-state index in [9.17, 15) is 13.2 Å². The molecule has 1 aliphatic heterocycles. The largest absolute Gasteiger partial charge is 0.372 e. The molecule has 3 rings (SSSR count). The summed E-state index contributed by atoms with van der Waals surface area (Å²) in [6.07, 6.45) is 0. The van der Waals surface area contributed by atoms with Crippen molar-refractivity contribution in [3.05, 3.63) is 56.8 Å². The second-order valence-corrected chi connectivity index (χ2v) is 7.91. The van der Waals surface area contributed by atoms with Gasteiger partial charge in [0.1, 0.15) is 0 Å². The molecule has 7 heteroatoms. The summed E-state index contributed by atoms with van der Waals surface area (Å²) in [4.78, 5) is 12.3. The predicted octanol–water partition coefficient (Wildman–Crippen LogP) is 2.35. The predicted molar refractivity (Wildman–Crippen MR) is 84.1 cm³/mol. The van der Waals surface area contributed by atoms with E-state index in [1.807, 2.05) is 24.4 Å². The molecule has 5 nitrogen and oxygen atoms in total. The summed E-state index contributed by atoms with van der Waals surface area (Å²) < 4.78 is 31.7. The molecule has 116 valence electrons. The zero-order valence-electron chi connectivity index (χ0n) is 12.0. The number of sulfonamides is 1. The van der Waals surface area contributed by atoms with Crippen LogP contribution in [0.1, 0.15) is 31.9 Å². The molecule has 1 aromatic carbocycles. The van der Waals surface area contributed by atoms with E-state index in [4.69, 9.17) is 4.74 Å². The maximum Gasteiger partial charge on any atom is 0.274 e. The number of hydrogen-bond acceptors (Lipinski definition) is 5. The Labute approximate surface area is 133 Å². The molecule has 1 N–H and O–H groups in total. The van der Waals surface area contributed by atoms with E-state index < -0.39 is 15.9 Å². The second kappa shape index (κ2) is 5.83. The quantitative estimate of drug-likeness (QED) is 0.929. The minimum atomic E-state index is -3.72. The molecule has 0 radical (unpaired) electrons. The van der Waals surface area contributed by atoms with E-state index >= 15 is 0 Å². The molecular weight excluding hydrogens is 322 g/mol. The van der Waals surface area contributed by atoms with Gasteiger partial charge in [-0.2, -0.15) is 0 Å². The molecule has 1 aromatic heterocycles. The number of thiophene rings is 1. The van der Waals surface area contributed by atoms with Gasteiger partial charge in [-0.25, -0.2) is 13.1 Å². The van der Waals surface area contributed by atoms with E-state index in [0.717, 1.165) is 16.7 Å². The van der Waals surface area contributed by atoms with Crippen LogP contribution in [0.2, 0.25) is 0 Å². The summed E-state index contributed by atoms with van der Waals surface area (Å²) in [5, 5.41) is 1.81. The number of carbonyl (C=O) groups excluding carboxylic acids is 1. The minimum Gasteiger partial charge on any atom is -0.372 e. The SMILES string of the molecule is Cc1csc(C(=O)NS(=O)(=O)Cc2ccc3c(c2)COC3)c1. The normalized spacial score (nSPS) is 13.9. The highest BCUT2D eigenvalue weighted by molar-refractivity contribution is 7.89. The topological polar surface area (TPSA) is 72.5 Å². The lowest BCUT2D eigenvalue weighted by molar-refractivity contribution is 0.0985. The van der Waals surface area contributed by atoms with Crippen LogP contribution in [0.3, 0.4) is 0 Å². The molecule has 0 atom stereocenters. The molecule has 0 aliphatic carbocycles. The molecule has 2 heterocycles. The van der Waals surface area contributed by atoms with Gasteiger partial charge in [0, 0.05) is 0 Å². The lowest BCUT2D eigenvalue weighted by Crippen LogP contribution is -2.31. The molecule has 1 aliphatic rings. The van der Waals surface area contributed by atoms with Gasteiger partial charge in [0.15, 0.2) is 0 Å². The minimum absolute atomic E-state index is 0.226. The summed E-state index contributed by atoms with van der Waals surface area (Å²) in [5.74, 6) is -0.807. The molecule has 1 amide bonds. The van der Waals surface area contributed by atoms with Crippen LogP contribution in [-0.2, 0) is 33.7 Å². The fraction of sp³-hybridized carbons (Fsp3) is 0.267. The molecule has 22 heavy (non-hydrogen) atoms. The number of carbonyl (C=O) groups is 1. The first kappa shape index (κ1) is 15.2. The highest BCUT2D eigenvalue weighted by atomic mass is 32.2. The molecule has 0 fully saturated rings. The van der Waals surface area contributed by atoms with Crippen LogP contribution in [0, 0.1) is 6.92 Å². The average Bonchev–Trinajstić information content (AvgIpc) is 3.05. The monoisotopic (exact) mass is 337 g/mol. The lowest BCUT2D eigenvalue weighted by Gasteiger charge is -2.07. The first-order valence-corrected chi connectivity index (χ1v) is 9.24. The average molecular weight is 337 g/mol. The number of ether oxygens (including phenoxy) is 1. The van der Waals surface area contributed by atoms with E-state index in [1.54, 1.807) is 12.1 Å². The van der Waals surface area contributed by atoms with Gasteiger partial charge in [-0.1, -0.05) is 18.2 Å². The number of fused-ring (bicyclic) bond motifs is 1. The Balaban J connectivity index is 1.72. The van der Waals surface area contributed by atoms with E-state index in [-0.39, 0.29) is 5.75 Å². The van der Waals surface area contributed by atoms with E-state index in [1.165, 1.54) is 11.3 Å². The maximum absolute atomic E-state index is 12.1. The highest BCUT2D eigenvalue weighted by Gasteiger charge is 2.19. The van der Waals surface area contributed by atoms with E-state index in [2.05, 4.69) is 4.72 Å². The zero-order chi connectivity index (χ0) is 15.7. The molecule has 0 saturated carbocycles. The molecule has 0 bridgehead atoms. The van der Waals surface area contributed by atoms with Gasteiger partial charge in [0.05, 0.1) is 23.8 Å². The number of benzene rings is 1. The van der Waals surface area contributed by atoms with E-state index in [0.29, 0.717) is 23.7 Å². The number of rotatable bonds is 4. The molecule has 0 saturated heterocycles.